The van der Waals surface area contributed by atoms with Gasteiger partial charge in [0.25, 0.3) is 5.91 Å². The van der Waals surface area contributed by atoms with Crippen molar-refractivity contribution >= 4 is 23.3 Å². The number of para-hydroxylation sites is 1. The number of hydrogen-bond donors (Lipinski definition) is 1. The van der Waals surface area contributed by atoms with Crippen molar-refractivity contribution in [3.8, 4) is 0 Å². The predicted octanol–water partition coefficient (Wildman–Crippen LogP) is 1.89. The van der Waals surface area contributed by atoms with Crippen molar-refractivity contribution in [2.75, 3.05) is 44.7 Å². The molecule has 0 bridgehead atoms. The maximum atomic E-state index is 13.0. The van der Waals surface area contributed by atoms with Crippen LogP contribution in [0, 0.1) is 0 Å². The van der Waals surface area contributed by atoms with Crippen LogP contribution >= 0.6 is 0 Å². The lowest BCUT2D eigenvalue weighted by Gasteiger charge is -2.41. The maximum absolute atomic E-state index is 13.0. The highest BCUT2D eigenvalue weighted by Crippen LogP contribution is 2.22. The molecule has 2 saturated heterocycles. The monoisotopic (exact) mass is 393 g/mol. The molecule has 7 nitrogen and oxygen atoms in total. The van der Waals surface area contributed by atoms with E-state index in [4.69, 9.17) is 0 Å². The molecule has 1 aromatic carbocycles. The van der Waals surface area contributed by atoms with E-state index in [1.165, 1.54) is 0 Å². The summed E-state index contributed by atoms with van der Waals surface area (Å²) in [5, 5.41) is 3.11. The molecule has 3 heterocycles. The number of amides is 2. The molecule has 0 aliphatic carbocycles. The summed E-state index contributed by atoms with van der Waals surface area (Å²) in [6.07, 6.45) is 3.52. The van der Waals surface area contributed by atoms with Crippen molar-refractivity contribution in [1.82, 2.24) is 20.1 Å². The number of carbonyl (C=O) groups is 2. The Morgan fingerprint density at radius 1 is 1.17 bits per heavy atom. The van der Waals surface area contributed by atoms with E-state index >= 15 is 0 Å². The Hall–Kier alpha value is -2.93. The Kier molecular flexibility index (Phi) is 5.76. The highest BCUT2D eigenvalue weighted by atomic mass is 16.2. The van der Waals surface area contributed by atoms with Gasteiger partial charge in [0.2, 0.25) is 5.91 Å². The molecule has 0 radical (unpaired) electrons. The van der Waals surface area contributed by atoms with Gasteiger partial charge < -0.3 is 20.0 Å². The Morgan fingerprint density at radius 2 is 2.00 bits per heavy atom. The topological polar surface area (TPSA) is 68.8 Å². The predicted molar refractivity (Wildman–Crippen MR) is 112 cm³/mol. The molecule has 2 aromatic rings. The smallest absolute Gasteiger partial charge is 0.255 e. The average Bonchev–Trinajstić information content (AvgIpc) is 2.79. The van der Waals surface area contributed by atoms with Crippen LogP contribution in [0.15, 0.2) is 48.7 Å². The van der Waals surface area contributed by atoms with Gasteiger partial charge in [-0.1, -0.05) is 18.2 Å². The fourth-order valence-corrected chi connectivity index (χ4v) is 4.08. The number of anilines is 2. The largest absolute Gasteiger partial charge is 0.337 e. The Labute approximate surface area is 171 Å². The van der Waals surface area contributed by atoms with E-state index in [0.29, 0.717) is 25.2 Å². The Bertz CT molecular complexity index is 855. The fraction of sp³-hybridized carbons (Fsp3) is 0.409. The van der Waals surface area contributed by atoms with E-state index in [-0.39, 0.29) is 17.9 Å². The summed E-state index contributed by atoms with van der Waals surface area (Å²) in [7, 11) is 1.96. The fourth-order valence-electron chi connectivity index (χ4n) is 4.08. The van der Waals surface area contributed by atoms with Gasteiger partial charge in [0, 0.05) is 51.2 Å². The third kappa shape index (κ3) is 4.24. The zero-order valence-electron chi connectivity index (χ0n) is 16.8. The van der Waals surface area contributed by atoms with Crippen molar-refractivity contribution in [3.05, 3.63) is 54.2 Å². The molecule has 1 atom stereocenters. The van der Waals surface area contributed by atoms with Crippen LogP contribution in [0.3, 0.4) is 0 Å². The third-order valence-electron chi connectivity index (χ3n) is 5.73. The first-order valence-electron chi connectivity index (χ1n) is 10.2. The number of carbonyl (C=O) groups excluding carboxylic acids is 2. The number of nitrogens with zero attached hydrogens (tertiary/aromatic N) is 4. The summed E-state index contributed by atoms with van der Waals surface area (Å²) in [5.41, 5.74) is 1.63. The number of piperazine rings is 1. The van der Waals surface area contributed by atoms with Gasteiger partial charge in [-0.2, -0.15) is 0 Å². The van der Waals surface area contributed by atoms with Gasteiger partial charge in [-0.25, -0.2) is 4.98 Å². The van der Waals surface area contributed by atoms with E-state index in [1.54, 1.807) is 6.20 Å². The van der Waals surface area contributed by atoms with E-state index < -0.39 is 0 Å². The summed E-state index contributed by atoms with van der Waals surface area (Å²) in [5.74, 6) is 0.903. The molecule has 2 amide bonds. The molecule has 1 N–H and O–H groups in total. The van der Waals surface area contributed by atoms with Gasteiger partial charge in [-0.15, -0.1) is 0 Å². The summed E-state index contributed by atoms with van der Waals surface area (Å²) >= 11 is 0. The number of pyridine rings is 1. The average molecular weight is 393 g/mol. The highest BCUT2D eigenvalue weighted by molar-refractivity contribution is 5.94. The Balaban J connectivity index is 1.43. The molecule has 29 heavy (non-hydrogen) atoms. The van der Waals surface area contributed by atoms with Crippen LogP contribution in [0.1, 0.15) is 23.2 Å². The van der Waals surface area contributed by atoms with Crippen molar-refractivity contribution in [2.24, 2.45) is 0 Å². The SMILES string of the molecule is CN(c1ccccc1)c1ccc(C(=O)N2CCCC(N3CCNCC3=O)C2)cn1. The van der Waals surface area contributed by atoms with E-state index in [9.17, 15) is 9.59 Å². The second-order valence-corrected chi connectivity index (χ2v) is 7.61. The molecule has 2 fully saturated rings. The van der Waals surface area contributed by atoms with Gasteiger partial charge in [0.15, 0.2) is 0 Å². The van der Waals surface area contributed by atoms with Crippen LogP contribution in [0.2, 0.25) is 0 Å². The lowest BCUT2D eigenvalue weighted by molar-refractivity contribution is -0.135. The van der Waals surface area contributed by atoms with Crippen molar-refractivity contribution in [2.45, 2.75) is 18.9 Å². The molecule has 2 aliphatic rings. The van der Waals surface area contributed by atoms with Crippen LogP contribution in [-0.4, -0.2) is 72.4 Å². The van der Waals surface area contributed by atoms with E-state index in [2.05, 4.69) is 10.3 Å². The molecular weight excluding hydrogens is 366 g/mol. The van der Waals surface area contributed by atoms with E-state index in [1.807, 2.05) is 64.2 Å². The van der Waals surface area contributed by atoms with Crippen LogP contribution < -0.4 is 10.2 Å². The maximum Gasteiger partial charge on any atom is 0.255 e. The second-order valence-electron chi connectivity index (χ2n) is 7.61. The van der Waals surface area contributed by atoms with Gasteiger partial charge in [-0.05, 0) is 37.1 Å². The van der Waals surface area contributed by atoms with E-state index in [0.717, 1.165) is 37.4 Å². The second kappa shape index (κ2) is 8.61. The summed E-state index contributed by atoms with van der Waals surface area (Å²) in [4.78, 5) is 35.5. The highest BCUT2D eigenvalue weighted by Gasteiger charge is 2.32. The number of likely N-dealkylation sites (tertiary alicyclic amines) is 1. The first-order valence-corrected chi connectivity index (χ1v) is 10.2. The van der Waals surface area contributed by atoms with Gasteiger partial charge in [-0.3, -0.25) is 9.59 Å². The van der Waals surface area contributed by atoms with Crippen LogP contribution in [-0.2, 0) is 4.79 Å². The minimum absolute atomic E-state index is 0.0151. The van der Waals surface area contributed by atoms with Crippen molar-refractivity contribution < 1.29 is 9.59 Å². The minimum atomic E-state index is -0.0151. The van der Waals surface area contributed by atoms with Gasteiger partial charge in [0.1, 0.15) is 5.82 Å². The number of piperidine rings is 1. The normalized spacial score (nSPS) is 19.9. The first kappa shape index (κ1) is 19.4. The molecule has 1 aromatic heterocycles. The zero-order chi connectivity index (χ0) is 20.2. The van der Waals surface area contributed by atoms with Crippen LogP contribution in [0.5, 0.6) is 0 Å². The minimum Gasteiger partial charge on any atom is -0.337 e. The quantitative estimate of drug-likeness (QED) is 0.859. The molecule has 0 spiro atoms. The summed E-state index contributed by atoms with van der Waals surface area (Å²) < 4.78 is 0. The molecule has 152 valence electrons. The number of benzene rings is 1. The molecule has 7 heteroatoms. The molecule has 4 rings (SSSR count). The standard InChI is InChI=1S/C22H27N5O2/c1-25(18-6-3-2-4-7-18)20-10-9-17(14-24-20)22(29)26-12-5-8-19(16-26)27-13-11-23-15-21(27)28/h2-4,6-7,9-10,14,19,23H,5,8,11-13,15-16H2,1H3. The first-order chi connectivity index (χ1) is 14.1. The van der Waals surface area contributed by atoms with Crippen LogP contribution in [0.25, 0.3) is 0 Å². The Morgan fingerprint density at radius 3 is 2.72 bits per heavy atom. The number of aromatic nitrogens is 1. The molecule has 1 unspecified atom stereocenters. The molecule has 2 aliphatic heterocycles. The van der Waals surface area contributed by atoms with Gasteiger partial charge in [0.05, 0.1) is 12.1 Å². The number of rotatable bonds is 4. The third-order valence-corrected chi connectivity index (χ3v) is 5.73. The lowest BCUT2D eigenvalue weighted by Crippen LogP contribution is -2.57. The van der Waals surface area contributed by atoms with Gasteiger partial charge >= 0.3 is 0 Å². The summed E-state index contributed by atoms with van der Waals surface area (Å²) in [6.45, 7) is 3.24. The van der Waals surface area contributed by atoms with Crippen LogP contribution in [0.4, 0.5) is 11.5 Å². The molecular formula is C22H27N5O2. The number of nitrogens with one attached hydrogen (secondary N) is 1. The lowest BCUT2D eigenvalue weighted by atomic mass is 10.0. The zero-order valence-corrected chi connectivity index (χ0v) is 16.8. The van der Waals surface area contributed by atoms with Crippen molar-refractivity contribution in [3.63, 3.8) is 0 Å². The molecule has 0 saturated carbocycles. The number of hydrogen-bond acceptors (Lipinski definition) is 5. The summed E-state index contributed by atoms with van der Waals surface area (Å²) in [6, 6.07) is 13.8. The van der Waals surface area contributed by atoms with Crippen molar-refractivity contribution in [1.29, 1.82) is 0 Å².